The lowest BCUT2D eigenvalue weighted by Gasteiger charge is -2.31. The molecule has 1 aliphatic rings. The van der Waals surface area contributed by atoms with E-state index >= 15 is 0 Å². The van der Waals surface area contributed by atoms with Crippen molar-refractivity contribution in [3.05, 3.63) is 46.7 Å². The second kappa shape index (κ2) is 5.99. The van der Waals surface area contributed by atoms with Crippen molar-refractivity contribution >= 4 is 23.1 Å². The fourth-order valence-electron chi connectivity index (χ4n) is 2.30. The Morgan fingerprint density at radius 1 is 1.32 bits per heavy atom. The second-order valence-corrected chi connectivity index (χ2v) is 6.51. The van der Waals surface area contributed by atoms with Crippen molar-refractivity contribution in [2.75, 3.05) is 12.3 Å². The minimum Gasteiger partial charge on any atom is -0.486 e. The summed E-state index contributed by atoms with van der Waals surface area (Å²) < 4.78 is 6.19. The lowest BCUT2D eigenvalue weighted by molar-refractivity contribution is 0.169. The molecular weight excluding hydrogens is 274 g/mol. The van der Waals surface area contributed by atoms with Gasteiger partial charge in [-0.3, -0.25) is 0 Å². The van der Waals surface area contributed by atoms with Crippen molar-refractivity contribution in [1.29, 1.82) is 0 Å². The molecule has 0 fully saturated rings. The van der Waals surface area contributed by atoms with Gasteiger partial charge in [0, 0.05) is 15.5 Å². The molecule has 0 amide bonds. The van der Waals surface area contributed by atoms with Crippen molar-refractivity contribution in [3.8, 4) is 5.75 Å². The molecule has 19 heavy (non-hydrogen) atoms. The number of thiophene rings is 1. The maximum atomic E-state index is 6.19. The Morgan fingerprint density at radius 3 is 3.00 bits per heavy atom. The smallest absolute Gasteiger partial charge is 0.133 e. The number of ether oxygens (including phenoxy) is 1. The Hall–Kier alpha value is -0.970. The number of hydrogen-bond acceptors (Lipinski definition) is 4. The zero-order valence-corrected chi connectivity index (χ0v) is 12.5. The second-order valence-electron chi connectivity index (χ2n) is 4.46. The summed E-state index contributed by atoms with van der Waals surface area (Å²) in [4.78, 5) is 2.60. The molecule has 0 radical (unpaired) electrons. The summed E-state index contributed by atoms with van der Waals surface area (Å²) in [6, 6.07) is 12.9. The molecule has 2 unspecified atom stereocenters. The van der Waals surface area contributed by atoms with Gasteiger partial charge in [-0.15, -0.1) is 23.1 Å². The zero-order valence-electron chi connectivity index (χ0n) is 10.8. The van der Waals surface area contributed by atoms with Crippen LogP contribution in [0.5, 0.6) is 5.75 Å². The molecule has 2 aromatic rings. The Kier molecular flexibility index (Phi) is 4.11. The lowest BCUT2D eigenvalue weighted by Crippen LogP contribution is -2.38. The van der Waals surface area contributed by atoms with Crippen LogP contribution in [0.3, 0.4) is 0 Å². The number of rotatable bonds is 4. The van der Waals surface area contributed by atoms with Crippen LogP contribution in [0.25, 0.3) is 0 Å². The first-order chi connectivity index (χ1) is 9.38. The molecule has 0 bridgehead atoms. The van der Waals surface area contributed by atoms with Crippen molar-refractivity contribution in [2.24, 2.45) is 0 Å². The fourth-order valence-corrected chi connectivity index (χ4v) is 4.19. The fraction of sp³-hybridized carbons (Fsp3) is 0.333. The monoisotopic (exact) mass is 291 g/mol. The van der Waals surface area contributed by atoms with Crippen molar-refractivity contribution in [1.82, 2.24) is 5.32 Å². The summed E-state index contributed by atoms with van der Waals surface area (Å²) in [7, 11) is 0. The Bertz CT molecular complexity index is 527. The van der Waals surface area contributed by atoms with Gasteiger partial charge in [-0.25, -0.2) is 0 Å². The van der Waals surface area contributed by atoms with Crippen LogP contribution >= 0.6 is 23.1 Å². The summed E-state index contributed by atoms with van der Waals surface area (Å²) in [6.45, 7) is 3.10. The maximum Gasteiger partial charge on any atom is 0.133 e. The van der Waals surface area contributed by atoms with Gasteiger partial charge in [-0.2, -0.15) is 0 Å². The van der Waals surface area contributed by atoms with Gasteiger partial charge in [0.25, 0.3) is 0 Å². The van der Waals surface area contributed by atoms with Crippen LogP contribution in [0.15, 0.2) is 46.7 Å². The Morgan fingerprint density at radius 2 is 2.21 bits per heavy atom. The molecule has 1 aromatic heterocycles. The van der Waals surface area contributed by atoms with Gasteiger partial charge in [0.05, 0.1) is 6.04 Å². The summed E-state index contributed by atoms with van der Waals surface area (Å²) in [6.07, 6.45) is 0.193. The molecule has 3 rings (SSSR count). The first kappa shape index (κ1) is 13.0. The normalized spacial score (nSPS) is 19.5. The maximum absolute atomic E-state index is 6.19. The molecule has 0 saturated heterocycles. The van der Waals surface area contributed by atoms with Crippen LogP contribution in [0.2, 0.25) is 0 Å². The summed E-state index contributed by atoms with van der Waals surface area (Å²) >= 11 is 3.68. The number of fused-ring (bicyclic) bond motifs is 1. The number of nitrogens with one attached hydrogen (secondary N) is 1. The van der Waals surface area contributed by atoms with Crippen molar-refractivity contribution in [3.63, 3.8) is 0 Å². The molecule has 0 spiro atoms. The first-order valence-corrected chi connectivity index (χ1v) is 8.40. The van der Waals surface area contributed by atoms with Gasteiger partial charge in [0.1, 0.15) is 11.9 Å². The molecule has 1 aromatic carbocycles. The van der Waals surface area contributed by atoms with E-state index < -0.39 is 0 Å². The van der Waals surface area contributed by atoms with E-state index in [0.717, 1.165) is 18.0 Å². The van der Waals surface area contributed by atoms with Gasteiger partial charge >= 0.3 is 0 Å². The van der Waals surface area contributed by atoms with Gasteiger partial charge in [-0.1, -0.05) is 25.1 Å². The van der Waals surface area contributed by atoms with Crippen molar-refractivity contribution in [2.45, 2.75) is 24.0 Å². The predicted octanol–water partition coefficient (Wildman–Crippen LogP) is 3.95. The number of benzene rings is 1. The van der Waals surface area contributed by atoms with E-state index in [2.05, 4.69) is 48.0 Å². The van der Waals surface area contributed by atoms with E-state index in [9.17, 15) is 0 Å². The molecule has 2 heterocycles. The number of thioether (sulfide) groups is 1. The van der Waals surface area contributed by atoms with Crippen LogP contribution in [0.4, 0.5) is 0 Å². The van der Waals surface area contributed by atoms with Crippen LogP contribution in [-0.4, -0.2) is 18.4 Å². The average Bonchev–Trinajstić information content (AvgIpc) is 2.98. The number of likely N-dealkylation sites (N-methyl/N-ethyl adjacent to an activating group) is 1. The molecule has 0 aliphatic carbocycles. The van der Waals surface area contributed by atoms with Gasteiger partial charge < -0.3 is 10.1 Å². The number of para-hydroxylation sites is 1. The molecule has 100 valence electrons. The van der Waals surface area contributed by atoms with Crippen molar-refractivity contribution < 1.29 is 4.74 Å². The largest absolute Gasteiger partial charge is 0.486 e. The van der Waals surface area contributed by atoms with E-state index in [1.165, 1.54) is 9.77 Å². The van der Waals surface area contributed by atoms with Crippen LogP contribution in [0.1, 0.15) is 17.8 Å². The molecule has 4 heteroatoms. The summed E-state index contributed by atoms with van der Waals surface area (Å²) in [5.41, 5.74) is 0. The molecule has 1 aliphatic heterocycles. The highest BCUT2D eigenvalue weighted by atomic mass is 32.2. The highest BCUT2D eigenvalue weighted by Crippen LogP contribution is 2.38. The highest BCUT2D eigenvalue weighted by Gasteiger charge is 2.29. The van der Waals surface area contributed by atoms with Crippen LogP contribution in [0, 0.1) is 0 Å². The van der Waals surface area contributed by atoms with E-state index in [0.29, 0.717) is 0 Å². The quantitative estimate of drug-likeness (QED) is 0.921. The van der Waals surface area contributed by atoms with Gasteiger partial charge in [-0.05, 0) is 30.1 Å². The lowest BCUT2D eigenvalue weighted by atomic mass is 10.1. The minimum atomic E-state index is 0.193. The average molecular weight is 291 g/mol. The number of hydrogen-bond donors (Lipinski definition) is 1. The molecule has 2 atom stereocenters. The third-order valence-electron chi connectivity index (χ3n) is 3.18. The molecular formula is C15H17NOS2. The van der Waals surface area contributed by atoms with Gasteiger partial charge in [0.15, 0.2) is 0 Å². The van der Waals surface area contributed by atoms with E-state index in [1.807, 2.05) is 17.8 Å². The summed E-state index contributed by atoms with van der Waals surface area (Å²) in [5, 5.41) is 5.69. The van der Waals surface area contributed by atoms with E-state index in [4.69, 9.17) is 4.74 Å². The van der Waals surface area contributed by atoms with E-state index in [1.54, 1.807) is 11.3 Å². The molecule has 0 saturated carbocycles. The standard InChI is InChI=1S/C15H17NOS2/c1-2-16-15(14-8-5-9-18-14)12-10-19-13-7-4-3-6-11(13)17-12/h3-9,12,15-16H,2,10H2,1H3. The minimum absolute atomic E-state index is 0.193. The zero-order chi connectivity index (χ0) is 13.1. The molecule has 2 nitrogen and oxygen atoms in total. The Labute approximate surface area is 122 Å². The van der Waals surface area contributed by atoms with Gasteiger partial charge in [0.2, 0.25) is 0 Å². The molecule has 1 N–H and O–H groups in total. The third kappa shape index (κ3) is 2.81. The topological polar surface area (TPSA) is 21.3 Å². The third-order valence-corrected chi connectivity index (χ3v) is 5.28. The highest BCUT2D eigenvalue weighted by molar-refractivity contribution is 7.99. The Balaban J connectivity index is 1.82. The van der Waals surface area contributed by atoms with Crippen LogP contribution in [-0.2, 0) is 0 Å². The van der Waals surface area contributed by atoms with E-state index in [-0.39, 0.29) is 12.1 Å². The summed E-state index contributed by atoms with van der Waals surface area (Å²) in [5.74, 6) is 2.01. The first-order valence-electron chi connectivity index (χ1n) is 6.53. The SMILES string of the molecule is CCNC(c1cccs1)C1CSc2ccccc2O1. The predicted molar refractivity (Wildman–Crippen MR) is 82.3 cm³/mol. The van der Waals surface area contributed by atoms with Crippen LogP contribution < -0.4 is 10.1 Å².